The molecule has 0 radical (unpaired) electrons. The molecular formula is C14H17NO4. The molecule has 1 aromatic heterocycles. The molecule has 19 heavy (non-hydrogen) atoms. The zero-order valence-corrected chi connectivity index (χ0v) is 11.0. The SMILES string of the molecule is COc1cc(OC)cc(OCc2ccc(CN)o2)c1. The van der Waals surface area contributed by atoms with Crippen molar-refractivity contribution >= 4 is 0 Å². The largest absolute Gasteiger partial charge is 0.496 e. The Labute approximate surface area is 111 Å². The summed E-state index contributed by atoms with van der Waals surface area (Å²) in [5.41, 5.74) is 5.48. The van der Waals surface area contributed by atoms with Gasteiger partial charge in [0, 0.05) is 18.2 Å². The zero-order chi connectivity index (χ0) is 13.7. The van der Waals surface area contributed by atoms with Gasteiger partial charge in [0.1, 0.15) is 35.4 Å². The predicted molar refractivity (Wildman–Crippen MR) is 70.5 cm³/mol. The molecule has 0 bridgehead atoms. The molecule has 0 aliphatic heterocycles. The summed E-state index contributed by atoms with van der Waals surface area (Å²) in [5, 5.41) is 0. The minimum atomic E-state index is 0.330. The first-order valence-electron chi connectivity index (χ1n) is 5.88. The van der Waals surface area contributed by atoms with Crippen molar-refractivity contribution in [3.63, 3.8) is 0 Å². The second-order valence-electron chi connectivity index (χ2n) is 3.91. The van der Waals surface area contributed by atoms with Crippen LogP contribution in [-0.4, -0.2) is 14.2 Å². The molecule has 5 heteroatoms. The molecule has 5 nitrogen and oxygen atoms in total. The smallest absolute Gasteiger partial charge is 0.146 e. The normalized spacial score (nSPS) is 10.3. The van der Waals surface area contributed by atoms with Crippen LogP contribution in [-0.2, 0) is 13.2 Å². The van der Waals surface area contributed by atoms with Gasteiger partial charge in [-0.15, -0.1) is 0 Å². The molecule has 2 N–H and O–H groups in total. The van der Waals surface area contributed by atoms with Gasteiger partial charge in [0.15, 0.2) is 0 Å². The van der Waals surface area contributed by atoms with E-state index >= 15 is 0 Å². The lowest BCUT2D eigenvalue weighted by Crippen LogP contribution is -1.96. The van der Waals surface area contributed by atoms with E-state index in [2.05, 4.69) is 0 Å². The summed E-state index contributed by atoms with van der Waals surface area (Å²) in [6, 6.07) is 9.04. The van der Waals surface area contributed by atoms with Gasteiger partial charge in [-0.25, -0.2) is 0 Å². The van der Waals surface area contributed by atoms with Crippen LogP contribution in [0.25, 0.3) is 0 Å². The van der Waals surface area contributed by atoms with Gasteiger partial charge in [0.25, 0.3) is 0 Å². The number of hydrogen-bond acceptors (Lipinski definition) is 5. The highest BCUT2D eigenvalue weighted by Crippen LogP contribution is 2.28. The van der Waals surface area contributed by atoms with Gasteiger partial charge in [-0.05, 0) is 12.1 Å². The van der Waals surface area contributed by atoms with E-state index in [0.29, 0.717) is 30.4 Å². The van der Waals surface area contributed by atoms with Crippen LogP contribution in [0, 0.1) is 0 Å². The van der Waals surface area contributed by atoms with Crippen molar-refractivity contribution in [2.45, 2.75) is 13.2 Å². The standard InChI is InChI=1S/C14H17NO4/c1-16-12-5-13(17-2)7-14(6-12)18-9-11-4-3-10(8-15)19-11/h3-7H,8-9,15H2,1-2H3. The molecule has 0 unspecified atom stereocenters. The molecule has 0 saturated carbocycles. The molecule has 0 fully saturated rings. The van der Waals surface area contributed by atoms with E-state index in [1.54, 1.807) is 32.4 Å². The summed E-state index contributed by atoms with van der Waals surface area (Å²) in [6.07, 6.45) is 0. The van der Waals surface area contributed by atoms with Gasteiger partial charge in [-0.2, -0.15) is 0 Å². The predicted octanol–water partition coefficient (Wildman–Crippen LogP) is 2.33. The Balaban J connectivity index is 2.05. The first-order valence-corrected chi connectivity index (χ1v) is 5.88. The lowest BCUT2D eigenvalue weighted by Gasteiger charge is -2.09. The maximum absolute atomic E-state index is 5.64. The van der Waals surface area contributed by atoms with E-state index in [1.165, 1.54) is 0 Å². The van der Waals surface area contributed by atoms with Gasteiger partial charge in [-0.1, -0.05) is 0 Å². The molecule has 2 aromatic rings. The summed E-state index contributed by atoms with van der Waals surface area (Å²) < 4.78 is 21.4. The average Bonchev–Trinajstić information content (AvgIpc) is 2.92. The average molecular weight is 263 g/mol. The van der Waals surface area contributed by atoms with Crippen molar-refractivity contribution in [1.82, 2.24) is 0 Å². The quantitative estimate of drug-likeness (QED) is 0.866. The number of ether oxygens (including phenoxy) is 3. The highest BCUT2D eigenvalue weighted by Gasteiger charge is 2.05. The van der Waals surface area contributed by atoms with Crippen LogP contribution in [0.1, 0.15) is 11.5 Å². The number of nitrogens with two attached hydrogens (primary N) is 1. The molecule has 0 spiro atoms. The maximum atomic E-state index is 5.64. The molecular weight excluding hydrogens is 246 g/mol. The van der Waals surface area contributed by atoms with Crippen LogP contribution in [0.4, 0.5) is 0 Å². The molecule has 0 aliphatic carbocycles. The van der Waals surface area contributed by atoms with Crippen molar-refractivity contribution in [3.8, 4) is 17.2 Å². The van der Waals surface area contributed by atoms with Gasteiger partial charge >= 0.3 is 0 Å². The van der Waals surface area contributed by atoms with Crippen LogP contribution in [0.15, 0.2) is 34.7 Å². The van der Waals surface area contributed by atoms with Crippen LogP contribution < -0.4 is 19.9 Å². The maximum Gasteiger partial charge on any atom is 0.146 e. The monoisotopic (exact) mass is 263 g/mol. The molecule has 0 amide bonds. The van der Waals surface area contributed by atoms with Crippen LogP contribution >= 0.6 is 0 Å². The Kier molecular flexibility index (Phi) is 4.30. The van der Waals surface area contributed by atoms with Gasteiger partial charge < -0.3 is 24.4 Å². The third kappa shape index (κ3) is 3.42. The summed E-state index contributed by atoms with van der Waals surface area (Å²) >= 11 is 0. The first-order chi connectivity index (χ1) is 9.25. The van der Waals surface area contributed by atoms with E-state index in [9.17, 15) is 0 Å². The third-order valence-corrected chi connectivity index (χ3v) is 2.62. The fourth-order valence-electron chi connectivity index (χ4n) is 1.63. The molecule has 0 atom stereocenters. The zero-order valence-electron chi connectivity index (χ0n) is 11.0. The lowest BCUT2D eigenvalue weighted by molar-refractivity contribution is 0.263. The highest BCUT2D eigenvalue weighted by molar-refractivity contribution is 5.42. The van der Waals surface area contributed by atoms with Gasteiger partial charge in [0.2, 0.25) is 0 Å². The Morgan fingerprint density at radius 1 is 0.947 bits per heavy atom. The molecule has 1 heterocycles. The van der Waals surface area contributed by atoms with Crippen LogP contribution in [0.2, 0.25) is 0 Å². The third-order valence-electron chi connectivity index (χ3n) is 2.62. The second-order valence-corrected chi connectivity index (χ2v) is 3.91. The summed E-state index contributed by atoms with van der Waals surface area (Å²) in [4.78, 5) is 0. The number of benzene rings is 1. The van der Waals surface area contributed by atoms with E-state index in [-0.39, 0.29) is 0 Å². The minimum Gasteiger partial charge on any atom is -0.496 e. The molecule has 2 rings (SSSR count). The van der Waals surface area contributed by atoms with Gasteiger partial charge in [-0.3, -0.25) is 0 Å². The number of furan rings is 1. The summed E-state index contributed by atoms with van der Waals surface area (Å²) in [5.74, 6) is 3.47. The fraction of sp³-hybridized carbons (Fsp3) is 0.286. The van der Waals surface area contributed by atoms with E-state index in [0.717, 1.165) is 11.5 Å². The Hall–Kier alpha value is -2.14. The van der Waals surface area contributed by atoms with Crippen molar-refractivity contribution in [2.75, 3.05) is 14.2 Å². The van der Waals surface area contributed by atoms with Crippen molar-refractivity contribution in [3.05, 3.63) is 41.9 Å². The number of hydrogen-bond donors (Lipinski definition) is 1. The molecule has 102 valence electrons. The number of methoxy groups -OCH3 is 2. The van der Waals surface area contributed by atoms with Crippen molar-refractivity contribution in [1.29, 1.82) is 0 Å². The summed E-state index contributed by atoms with van der Waals surface area (Å²) in [6.45, 7) is 0.712. The van der Waals surface area contributed by atoms with E-state index in [1.807, 2.05) is 12.1 Å². The van der Waals surface area contributed by atoms with Crippen LogP contribution in [0.3, 0.4) is 0 Å². The lowest BCUT2D eigenvalue weighted by atomic mass is 10.3. The second kappa shape index (κ2) is 6.15. The Morgan fingerprint density at radius 3 is 2.05 bits per heavy atom. The topological polar surface area (TPSA) is 66.8 Å². The fourth-order valence-corrected chi connectivity index (χ4v) is 1.63. The Bertz CT molecular complexity index is 514. The molecule has 0 aliphatic rings. The van der Waals surface area contributed by atoms with Gasteiger partial charge in [0.05, 0.1) is 20.8 Å². The molecule has 1 aromatic carbocycles. The van der Waals surface area contributed by atoms with Crippen LogP contribution in [0.5, 0.6) is 17.2 Å². The Morgan fingerprint density at radius 2 is 1.53 bits per heavy atom. The van der Waals surface area contributed by atoms with E-state index in [4.69, 9.17) is 24.4 Å². The van der Waals surface area contributed by atoms with Crippen molar-refractivity contribution < 1.29 is 18.6 Å². The number of rotatable bonds is 6. The highest BCUT2D eigenvalue weighted by atomic mass is 16.5. The first kappa shape index (κ1) is 13.3. The molecule has 0 saturated heterocycles. The van der Waals surface area contributed by atoms with Crippen molar-refractivity contribution in [2.24, 2.45) is 5.73 Å². The van der Waals surface area contributed by atoms with E-state index < -0.39 is 0 Å². The summed E-state index contributed by atoms with van der Waals surface area (Å²) in [7, 11) is 3.19. The minimum absolute atomic E-state index is 0.330.